The first-order valence-corrected chi connectivity index (χ1v) is 9.91. The molecule has 32 heavy (non-hydrogen) atoms. The average Bonchev–Trinajstić information content (AvgIpc) is 3.21. The minimum absolute atomic E-state index is 0. The number of hydrogen-bond acceptors (Lipinski definition) is 5. The molecule has 0 aliphatic rings. The molecule has 4 aromatic rings. The van der Waals surface area contributed by atoms with Gasteiger partial charge in [0.25, 0.3) is 11.5 Å². The highest BCUT2D eigenvalue weighted by atomic mass is 35.5. The van der Waals surface area contributed by atoms with Crippen molar-refractivity contribution in [2.24, 2.45) is 7.05 Å². The van der Waals surface area contributed by atoms with Gasteiger partial charge in [-0.15, -0.1) is 12.4 Å². The fourth-order valence-corrected chi connectivity index (χ4v) is 3.22. The highest BCUT2D eigenvalue weighted by Gasteiger charge is 2.20. The molecule has 1 N–H and O–H groups in total. The van der Waals surface area contributed by atoms with Crippen LogP contribution in [0, 0.1) is 0 Å². The van der Waals surface area contributed by atoms with Gasteiger partial charge in [0.05, 0.1) is 29.8 Å². The first-order chi connectivity index (χ1) is 14.9. The van der Waals surface area contributed by atoms with Crippen molar-refractivity contribution in [3.63, 3.8) is 0 Å². The minimum atomic E-state index is -0.545. The van der Waals surface area contributed by atoms with E-state index in [0.29, 0.717) is 27.7 Å². The summed E-state index contributed by atoms with van der Waals surface area (Å²) in [5.41, 5.74) is 1.73. The molecular formula is C22H20Cl2N6O2. The molecule has 4 rings (SSSR count). The zero-order valence-corrected chi connectivity index (χ0v) is 18.8. The molecule has 0 saturated carbocycles. The molecule has 8 nitrogen and oxygen atoms in total. The Hall–Kier alpha value is -3.49. The summed E-state index contributed by atoms with van der Waals surface area (Å²) >= 11 is 5.99. The van der Waals surface area contributed by atoms with Gasteiger partial charge in [-0.3, -0.25) is 19.3 Å². The van der Waals surface area contributed by atoms with Crippen LogP contribution >= 0.6 is 24.0 Å². The van der Waals surface area contributed by atoms with E-state index in [4.69, 9.17) is 11.6 Å². The van der Waals surface area contributed by atoms with Crippen molar-refractivity contribution in [3.05, 3.63) is 93.8 Å². The van der Waals surface area contributed by atoms with Crippen LogP contribution in [-0.4, -0.2) is 30.5 Å². The quantitative estimate of drug-likeness (QED) is 0.480. The van der Waals surface area contributed by atoms with Crippen LogP contribution in [0.1, 0.15) is 29.0 Å². The summed E-state index contributed by atoms with van der Waals surface area (Å²) in [5.74, 6) is -0.515. The predicted molar refractivity (Wildman–Crippen MR) is 124 cm³/mol. The van der Waals surface area contributed by atoms with Crippen molar-refractivity contribution < 1.29 is 4.79 Å². The van der Waals surface area contributed by atoms with Gasteiger partial charge in [-0.1, -0.05) is 29.8 Å². The Morgan fingerprint density at radius 2 is 1.91 bits per heavy atom. The van der Waals surface area contributed by atoms with Crippen molar-refractivity contribution in [2.75, 3.05) is 0 Å². The molecule has 0 radical (unpaired) electrons. The summed E-state index contributed by atoms with van der Waals surface area (Å²) in [7, 11) is 1.74. The van der Waals surface area contributed by atoms with E-state index < -0.39 is 11.5 Å². The molecule has 164 valence electrons. The number of carbonyl (C=O) groups is 1. The maximum atomic E-state index is 13.1. The molecule has 1 atom stereocenters. The van der Waals surface area contributed by atoms with Crippen LogP contribution in [0.25, 0.3) is 16.9 Å². The highest BCUT2D eigenvalue weighted by molar-refractivity contribution is 6.30. The van der Waals surface area contributed by atoms with Gasteiger partial charge >= 0.3 is 0 Å². The van der Waals surface area contributed by atoms with Crippen LogP contribution in [0.5, 0.6) is 0 Å². The van der Waals surface area contributed by atoms with E-state index in [9.17, 15) is 9.59 Å². The van der Waals surface area contributed by atoms with Gasteiger partial charge in [0.15, 0.2) is 0 Å². The Kier molecular flexibility index (Phi) is 7.07. The Bertz CT molecular complexity index is 1290. The third kappa shape index (κ3) is 4.87. The van der Waals surface area contributed by atoms with Gasteiger partial charge in [0.2, 0.25) is 0 Å². The smallest absolute Gasteiger partial charge is 0.284 e. The number of rotatable bonds is 5. The molecule has 0 bridgehead atoms. The Labute approximate surface area is 195 Å². The van der Waals surface area contributed by atoms with E-state index >= 15 is 0 Å². The number of halogens is 2. The normalized spacial score (nSPS) is 11.5. The lowest BCUT2D eigenvalue weighted by molar-refractivity contribution is 0.0937. The highest BCUT2D eigenvalue weighted by Crippen LogP contribution is 2.20. The number of hydrogen-bond donors (Lipinski definition) is 1. The second-order valence-corrected chi connectivity index (χ2v) is 7.43. The first-order valence-electron chi connectivity index (χ1n) is 9.53. The lowest BCUT2D eigenvalue weighted by Crippen LogP contribution is -2.35. The van der Waals surface area contributed by atoms with Crippen molar-refractivity contribution in [1.29, 1.82) is 0 Å². The first kappa shape index (κ1) is 23.2. The molecule has 0 aliphatic carbocycles. The van der Waals surface area contributed by atoms with Crippen LogP contribution < -0.4 is 10.9 Å². The number of amides is 1. The van der Waals surface area contributed by atoms with E-state index in [-0.39, 0.29) is 24.0 Å². The largest absolute Gasteiger partial charge is 0.344 e. The summed E-state index contributed by atoms with van der Waals surface area (Å²) in [6.07, 6.45) is 4.81. The molecule has 1 unspecified atom stereocenters. The van der Waals surface area contributed by atoms with Gasteiger partial charge < -0.3 is 5.32 Å². The van der Waals surface area contributed by atoms with E-state index in [1.165, 1.54) is 16.9 Å². The molecule has 0 fully saturated rings. The summed E-state index contributed by atoms with van der Waals surface area (Å²) in [5, 5.41) is 12.0. The summed E-state index contributed by atoms with van der Waals surface area (Å²) < 4.78 is 2.73. The lowest BCUT2D eigenvalue weighted by Gasteiger charge is -2.14. The lowest BCUT2D eigenvalue weighted by atomic mass is 10.1. The third-order valence-electron chi connectivity index (χ3n) is 4.71. The van der Waals surface area contributed by atoms with E-state index in [2.05, 4.69) is 20.5 Å². The number of aryl methyl sites for hydroxylation is 1. The second-order valence-electron chi connectivity index (χ2n) is 6.99. The SMILES string of the molecule is CC(NC(=O)c1cc(-c2ccc(Cl)cc2)nn(-c2cnn(C)c2)c1=O)c1ccccn1.Cl. The van der Waals surface area contributed by atoms with Crippen molar-refractivity contribution >= 4 is 29.9 Å². The zero-order valence-electron chi connectivity index (χ0n) is 17.3. The van der Waals surface area contributed by atoms with Crippen LogP contribution in [0.4, 0.5) is 0 Å². The van der Waals surface area contributed by atoms with Crippen molar-refractivity contribution in [2.45, 2.75) is 13.0 Å². The predicted octanol–water partition coefficient (Wildman–Crippen LogP) is 3.59. The molecule has 1 aromatic carbocycles. The fraction of sp³-hybridized carbons (Fsp3) is 0.136. The molecule has 3 heterocycles. The molecule has 3 aromatic heterocycles. The zero-order chi connectivity index (χ0) is 22.0. The average molecular weight is 471 g/mol. The van der Waals surface area contributed by atoms with Crippen LogP contribution in [0.2, 0.25) is 5.02 Å². The number of aromatic nitrogens is 5. The van der Waals surface area contributed by atoms with E-state index in [1.807, 2.05) is 12.1 Å². The standard InChI is InChI=1S/C22H19ClN6O2.ClH/c1-14(19-5-3-4-10-24-19)26-21(30)18-11-20(15-6-8-16(23)9-7-15)27-29(22(18)31)17-12-25-28(2)13-17;/h3-14H,1-2H3,(H,26,30);1H. The minimum Gasteiger partial charge on any atom is -0.344 e. The van der Waals surface area contributed by atoms with Gasteiger partial charge in [0.1, 0.15) is 11.3 Å². The van der Waals surface area contributed by atoms with Gasteiger partial charge in [0, 0.05) is 23.8 Å². The Morgan fingerprint density at radius 3 is 2.53 bits per heavy atom. The number of nitrogens with one attached hydrogen (secondary N) is 1. The van der Waals surface area contributed by atoms with Gasteiger partial charge in [-0.25, -0.2) is 0 Å². The van der Waals surface area contributed by atoms with Crippen LogP contribution in [0.15, 0.2) is 71.9 Å². The number of carbonyl (C=O) groups excluding carboxylic acids is 1. The summed E-state index contributed by atoms with van der Waals surface area (Å²) in [6, 6.07) is 13.6. The monoisotopic (exact) mass is 470 g/mol. The maximum Gasteiger partial charge on any atom is 0.284 e. The molecule has 0 saturated heterocycles. The molecule has 0 spiro atoms. The molecular weight excluding hydrogens is 451 g/mol. The Balaban J connectivity index is 0.00000289. The number of benzene rings is 1. The third-order valence-corrected chi connectivity index (χ3v) is 4.96. The number of nitrogens with zero attached hydrogens (tertiary/aromatic N) is 5. The maximum absolute atomic E-state index is 13.1. The van der Waals surface area contributed by atoms with Crippen LogP contribution in [-0.2, 0) is 7.05 Å². The summed E-state index contributed by atoms with van der Waals surface area (Å²) in [4.78, 5) is 30.5. The Morgan fingerprint density at radius 1 is 1.16 bits per heavy atom. The van der Waals surface area contributed by atoms with Crippen molar-refractivity contribution in [1.82, 2.24) is 29.9 Å². The van der Waals surface area contributed by atoms with Crippen molar-refractivity contribution in [3.8, 4) is 16.9 Å². The topological polar surface area (TPSA) is 94.7 Å². The molecule has 0 aliphatic heterocycles. The fourth-order valence-electron chi connectivity index (χ4n) is 3.09. The summed E-state index contributed by atoms with van der Waals surface area (Å²) in [6.45, 7) is 1.81. The van der Waals surface area contributed by atoms with Gasteiger partial charge in [-0.2, -0.15) is 14.9 Å². The molecule has 10 heteroatoms. The van der Waals surface area contributed by atoms with E-state index in [1.54, 1.807) is 61.4 Å². The second kappa shape index (κ2) is 9.76. The van der Waals surface area contributed by atoms with Crippen LogP contribution in [0.3, 0.4) is 0 Å². The van der Waals surface area contributed by atoms with E-state index in [0.717, 1.165) is 0 Å². The molecule has 1 amide bonds. The van der Waals surface area contributed by atoms with Gasteiger partial charge in [-0.05, 0) is 37.3 Å². The number of pyridine rings is 1.